The topological polar surface area (TPSA) is 54.6 Å². The van der Waals surface area contributed by atoms with E-state index in [1.54, 1.807) is 18.2 Å². The molecule has 1 N–H and O–H groups in total. The summed E-state index contributed by atoms with van der Waals surface area (Å²) in [5.41, 5.74) is -1.62. The van der Waals surface area contributed by atoms with Gasteiger partial charge in [0.25, 0.3) is 5.92 Å². The van der Waals surface area contributed by atoms with Gasteiger partial charge in [0, 0.05) is 12.6 Å². The molecule has 4 nitrogen and oxygen atoms in total. The van der Waals surface area contributed by atoms with Gasteiger partial charge in [0.2, 0.25) is 0 Å². The van der Waals surface area contributed by atoms with Crippen molar-refractivity contribution in [2.75, 3.05) is 0 Å². The minimum absolute atomic E-state index is 0.0330. The highest BCUT2D eigenvalue weighted by atomic mass is 19.3. The van der Waals surface area contributed by atoms with Crippen LogP contribution in [0.2, 0.25) is 0 Å². The Bertz CT molecular complexity index is 623. The Morgan fingerprint density at radius 1 is 1.47 bits per heavy atom. The van der Waals surface area contributed by atoms with Crippen LogP contribution in [0, 0.1) is 0 Å². The Labute approximate surface area is 94.5 Å². The molecule has 1 atom stereocenters. The molecule has 3 rings (SSSR count). The molecule has 2 aromatic heterocycles. The van der Waals surface area contributed by atoms with Crippen LogP contribution in [0.5, 0.6) is 0 Å². The predicted molar refractivity (Wildman–Crippen MR) is 54.1 cm³/mol. The van der Waals surface area contributed by atoms with Gasteiger partial charge in [-0.3, -0.25) is 4.79 Å². The number of rotatable bonds is 2. The third kappa shape index (κ3) is 1.09. The molecule has 0 aliphatic heterocycles. The third-order valence-corrected chi connectivity index (χ3v) is 3.21. The van der Waals surface area contributed by atoms with Crippen LogP contribution in [0.4, 0.5) is 8.78 Å². The number of aliphatic carboxylic acids is 1. The summed E-state index contributed by atoms with van der Waals surface area (Å²) in [5.74, 6) is -4.71. The number of carboxylic acids is 1. The molecule has 0 saturated heterocycles. The van der Waals surface area contributed by atoms with E-state index < -0.39 is 23.7 Å². The Morgan fingerprint density at radius 3 is 2.76 bits per heavy atom. The lowest BCUT2D eigenvalue weighted by Crippen LogP contribution is -2.28. The number of imidazole rings is 1. The van der Waals surface area contributed by atoms with Crippen molar-refractivity contribution in [3.8, 4) is 0 Å². The number of carbonyl (C=O) groups is 1. The van der Waals surface area contributed by atoms with Gasteiger partial charge in [0.05, 0.1) is 11.9 Å². The van der Waals surface area contributed by atoms with E-state index in [1.165, 1.54) is 16.8 Å². The smallest absolute Gasteiger partial charge is 0.322 e. The van der Waals surface area contributed by atoms with E-state index in [-0.39, 0.29) is 5.69 Å². The van der Waals surface area contributed by atoms with Crippen molar-refractivity contribution in [2.24, 2.45) is 0 Å². The van der Waals surface area contributed by atoms with Crippen LogP contribution in [0.1, 0.15) is 12.1 Å². The highest BCUT2D eigenvalue weighted by molar-refractivity contribution is 5.87. The van der Waals surface area contributed by atoms with E-state index in [4.69, 9.17) is 5.11 Å². The fourth-order valence-electron chi connectivity index (χ4n) is 2.16. The second-order valence-corrected chi connectivity index (χ2v) is 4.16. The number of fused-ring (bicyclic) bond motifs is 1. The van der Waals surface area contributed by atoms with Gasteiger partial charge in [-0.2, -0.15) is 0 Å². The van der Waals surface area contributed by atoms with Crippen molar-refractivity contribution in [3.63, 3.8) is 0 Å². The largest absolute Gasteiger partial charge is 0.480 e. The van der Waals surface area contributed by atoms with Crippen LogP contribution in [-0.2, 0) is 10.2 Å². The molecule has 1 fully saturated rings. The minimum Gasteiger partial charge on any atom is -0.480 e. The Morgan fingerprint density at radius 2 is 2.18 bits per heavy atom. The lowest BCUT2D eigenvalue weighted by atomic mass is 10.0. The molecular formula is C11H8F2N2O2. The summed E-state index contributed by atoms with van der Waals surface area (Å²) in [5, 5.41) is 9.05. The molecule has 0 radical (unpaired) electrons. The maximum Gasteiger partial charge on any atom is 0.322 e. The van der Waals surface area contributed by atoms with E-state index in [9.17, 15) is 13.6 Å². The van der Waals surface area contributed by atoms with Crippen molar-refractivity contribution in [1.82, 2.24) is 9.38 Å². The first-order valence-electron chi connectivity index (χ1n) is 5.03. The Kier molecular flexibility index (Phi) is 1.69. The van der Waals surface area contributed by atoms with Gasteiger partial charge in [-0.05, 0) is 12.1 Å². The molecule has 1 aliphatic carbocycles. The third-order valence-electron chi connectivity index (χ3n) is 3.21. The Hall–Kier alpha value is -1.98. The van der Waals surface area contributed by atoms with Gasteiger partial charge in [-0.1, -0.05) is 6.07 Å². The predicted octanol–water partition coefficient (Wildman–Crippen LogP) is 1.70. The van der Waals surface area contributed by atoms with Crippen LogP contribution < -0.4 is 0 Å². The van der Waals surface area contributed by atoms with Gasteiger partial charge in [-0.15, -0.1) is 0 Å². The molecule has 0 amide bonds. The van der Waals surface area contributed by atoms with Crippen molar-refractivity contribution in [2.45, 2.75) is 17.8 Å². The normalized spacial score (nSPS) is 26.0. The molecule has 1 unspecified atom stereocenters. The highest BCUT2D eigenvalue weighted by Gasteiger charge is 2.78. The summed E-state index contributed by atoms with van der Waals surface area (Å²) in [4.78, 5) is 15.1. The summed E-state index contributed by atoms with van der Waals surface area (Å²) in [7, 11) is 0. The molecule has 0 bridgehead atoms. The average Bonchev–Trinajstić information content (AvgIpc) is 2.70. The maximum absolute atomic E-state index is 13.4. The van der Waals surface area contributed by atoms with Gasteiger partial charge in [0.1, 0.15) is 5.65 Å². The zero-order valence-corrected chi connectivity index (χ0v) is 8.60. The van der Waals surface area contributed by atoms with E-state index in [0.717, 1.165) is 0 Å². The fraction of sp³-hybridized carbons (Fsp3) is 0.273. The van der Waals surface area contributed by atoms with Crippen molar-refractivity contribution in [1.29, 1.82) is 0 Å². The van der Waals surface area contributed by atoms with Crippen molar-refractivity contribution < 1.29 is 18.7 Å². The molecule has 1 saturated carbocycles. The first kappa shape index (κ1) is 10.2. The second-order valence-electron chi connectivity index (χ2n) is 4.16. The molecule has 0 spiro atoms. The van der Waals surface area contributed by atoms with Crippen LogP contribution >= 0.6 is 0 Å². The zero-order chi connectivity index (χ0) is 12.3. The van der Waals surface area contributed by atoms with Gasteiger partial charge in [-0.25, -0.2) is 13.8 Å². The number of alkyl halides is 2. The lowest BCUT2D eigenvalue weighted by molar-refractivity contribution is -0.143. The molecule has 2 heterocycles. The zero-order valence-electron chi connectivity index (χ0n) is 8.60. The number of hydrogen-bond donors (Lipinski definition) is 1. The molecule has 88 valence electrons. The standard InChI is InChI=1S/C11H8F2N2O2/c12-11(13)6-10(11,9(16)17)7-5-14-8-3-1-2-4-15(7)8/h1-5H,6H2,(H,16,17). The summed E-state index contributed by atoms with van der Waals surface area (Å²) in [6, 6.07) is 5.00. The number of aromatic nitrogens is 2. The minimum atomic E-state index is -3.20. The summed E-state index contributed by atoms with van der Waals surface area (Å²) < 4.78 is 28.1. The SMILES string of the molecule is O=C(O)C1(c2cnc3ccccn23)CC1(F)F. The van der Waals surface area contributed by atoms with E-state index in [2.05, 4.69) is 4.98 Å². The number of halogens is 2. The van der Waals surface area contributed by atoms with Crippen LogP contribution in [-0.4, -0.2) is 26.4 Å². The maximum atomic E-state index is 13.4. The summed E-state index contributed by atoms with van der Waals surface area (Å²) in [6.45, 7) is 0. The second kappa shape index (κ2) is 2.82. The summed E-state index contributed by atoms with van der Waals surface area (Å²) >= 11 is 0. The molecule has 1 aliphatic rings. The molecule has 2 aromatic rings. The van der Waals surface area contributed by atoms with Crippen molar-refractivity contribution in [3.05, 3.63) is 36.3 Å². The Balaban J connectivity index is 2.25. The van der Waals surface area contributed by atoms with Crippen LogP contribution in [0.3, 0.4) is 0 Å². The van der Waals surface area contributed by atoms with Crippen LogP contribution in [0.15, 0.2) is 30.6 Å². The van der Waals surface area contributed by atoms with Crippen molar-refractivity contribution >= 4 is 11.6 Å². The van der Waals surface area contributed by atoms with E-state index in [1.807, 2.05) is 0 Å². The molecule has 0 aromatic carbocycles. The molecule has 6 heteroatoms. The van der Waals surface area contributed by atoms with E-state index >= 15 is 0 Å². The van der Waals surface area contributed by atoms with Crippen LogP contribution in [0.25, 0.3) is 5.65 Å². The average molecular weight is 238 g/mol. The number of pyridine rings is 1. The molecule has 17 heavy (non-hydrogen) atoms. The molecular weight excluding hydrogens is 230 g/mol. The first-order valence-corrected chi connectivity index (χ1v) is 5.03. The monoisotopic (exact) mass is 238 g/mol. The first-order chi connectivity index (χ1) is 7.99. The highest BCUT2D eigenvalue weighted by Crippen LogP contribution is 2.61. The van der Waals surface area contributed by atoms with E-state index in [0.29, 0.717) is 5.65 Å². The van der Waals surface area contributed by atoms with Gasteiger partial charge >= 0.3 is 5.97 Å². The number of carboxylic acid groups (broad SMARTS) is 1. The lowest BCUT2D eigenvalue weighted by Gasteiger charge is -2.10. The quantitative estimate of drug-likeness (QED) is 0.866. The summed E-state index contributed by atoms with van der Waals surface area (Å²) in [6.07, 6.45) is 2.08. The number of nitrogens with zero attached hydrogens (tertiary/aromatic N) is 2. The van der Waals surface area contributed by atoms with Gasteiger partial charge < -0.3 is 9.51 Å². The number of hydrogen-bond acceptors (Lipinski definition) is 2. The fourth-order valence-corrected chi connectivity index (χ4v) is 2.16. The van der Waals surface area contributed by atoms with Gasteiger partial charge in [0.15, 0.2) is 5.41 Å².